The predicted octanol–water partition coefficient (Wildman–Crippen LogP) is 8.58. The van der Waals surface area contributed by atoms with Gasteiger partial charge in [-0.2, -0.15) is 0 Å². The number of piperidine rings is 1. The maximum absolute atomic E-state index is 14.1. The zero-order chi connectivity index (χ0) is 37.4. The molecule has 0 N–H and O–H groups in total. The summed E-state index contributed by atoms with van der Waals surface area (Å²) in [7, 11) is 9.78. The summed E-state index contributed by atoms with van der Waals surface area (Å²) in [6, 6.07) is 12.8. The van der Waals surface area contributed by atoms with Gasteiger partial charge in [0.2, 0.25) is 16.9 Å². The minimum Gasteiger partial charge on any atom is -0.496 e. The van der Waals surface area contributed by atoms with Gasteiger partial charge in [0.05, 0.1) is 42.2 Å². The second-order valence-electron chi connectivity index (χ2n) is 12.3. The van der Waals surface area contributed by atoms with Crippen molar-refractivity contribution in [2.45, 2.75) is 37.5 Å². The molecule has 3 aromatic carbocycles. The first-order valence-corrected chi connectivity index (χ1v) is 19.0. The topological polar surface area (TPSA) is 92.1 Å². The van der Waals surface area contributed by atoms with E-state index in [1.54, 1.807) is 42.1 Å². The number of unbranched alkanes of at least 4 members (excludes halogenated alkanes) is 1. The minimum absolute atomic E-state index is 0.0677. The first-order valence-electron chi connectivity index (χ1n) is 16.8. The van der Waals surface area contributed by atoms with Crippen LogP contribution in [0.1, 0.15) is 31.2 Å². The Balaban J connectivity index is 1.22. The molecule has 1 aliphatic heterocycles. The van der Waals surface area contributed by atoms with E-state index in [2.05, 4.69) is 16.8 Å². The second-order valence-corrected chi connectivity index (χ2v) is 14.7. The normalized spacial score (nSPS) is 13.4. The highest BCUT2D eigenvalue weighted by molar-refractivity contribution is 8.22. The largest absolute Gasteiger partial charge is 0.496 e. The molecule has 1 aliphatic rings. The average molecular weight is 792 g/mol. The van der Waals surface area contributed by atoms with Crippen LogP contribution < -0.4 is 33.8 Å². The molecule has 0 unspecified atom stereocenters. The molecule has 0 atom stereocenters. The molecule has 0 radical (unpaired) electrons. The number of likely N-dealkylation sites (tertiary alicyclic amines) is 1. The number of halogens is 2. The number of nitrogens with zero attached hydrogens (tertiary/aromatic N) is 2. The van der Waals surface area contributed by atoms with Crippen molar-refractivity contribution in [2.75, 3.05) is 68.8 Å². The molecule has 5 rings (SSSR count). The van der Waals surface area contributed by atoms with E-state index >= 15 is 0 Å². The Bertz CT molecular complexity index is 1910. The number of rotatable bonds is 15. The molecular weight excluding hydrogens is 747 g/mol. The third kappa shape index (κ3) is 9.14. The third-order valence-electron chi connectivity index (χ3n) is 9.14. The van der Waals surface area contributed by atoms with E-state index in [1.807, 2.05) is 12.1 Å². The Morgan fingerprint density at radius 1 is 0.904 bits per heavy atom. The molecule has 52 heavy (non-hydrogen) atoms. The molecule has 0 bridgehead atoms. The lowest BCUT2D eigenvalue weighted by Gasteiger charge is -2.37. The van der Waals surface area contributed by atoms with Crippen molar-refractivity contribution in [1.82, 2.24) is 9.80 Å². The van der Waals surface area contributed by atoms with Crippen LogP contribution in [0, 0.1) is 0 Å². The highest BCUT2D eigenvalue weighted by Crippen LogP contribution is 2.44. The summed E-state index contributed by atoms with van der Waals surface area (Å²) in [5, 5.41) is 1.55. The van der Waals surface area contributed by atoms with Crippen molar-refractivity contribution in [1.29, 1.82) is 0 Å². The fraction of sp³-hybridized carbons (Fsp3) is 0.421. The number of thioether (sulfide) groups is 1. The Morgan fingerprint density at radius 3 is 2.21 bits per heavy atom. The number of ether oxygens (including phenoxy) is 6. The van der Waals surface area contributed by atoms with E-state index in [0.29, 0.717) is 62.8 Å². The molecular formula is C38H44Cl2N2O8S2. The Morgan fingerprint density at radius 2 is 1.60 bits per heavy atom. The highest BCUT2D eigenvalue weighted by atomic mass is 35.5. The molecule has 10 nitrogen and oxygen atoms in total. The zero-order valence-corrected chi connectivity index (χ0v) is 33.4. The molecule has 0 aliphatic carbocycles. The summed E-state index contributed by atoms with van der Waals surface area (Å²) in [6.07, 6.45) is 3.66. The lowest BCUT2D eigenvalue weighted by molar-refractivity contribution is 0.161. The molecule has 1 fully saturated rings. The van der Waals surface area contributed by atoms with Crippen molar-refractivity contribution in [3.63, 3.8) is 0 Å². The first kappa shape index (κ1) is 39.7. The van der Waals surface area contributed by atoms with Crippen molar-refractivity contribution in [2.24, 2.45) is 0 Å². The quantitative estimate of drug-likeness (QED) is 0.0854. The van der Waals surface area contributed by atoms with E-state index in [0.717, 1.165) is 55.2 Å². The van der Waals surface area contributed by atoms with Crippen LogP contribution in [0.25, 0.3) is 22.3 Å². The number of fused-ring (bicyclic) bond motifs is 1. The first-order chi connectivity index (χ1) is 25.1. The van der Waals surface area contributed by atoms with E-state index in [1.165, 1.54) is 35.5 Å². The molecule has 1 aromatic heterocycles. The van der Waals surface area contributed by atoms with Crippen molar-refractivity contribution >= 4 is 62.5 Å². The fourth-order valence-corrected chi connectivity index (χ4v) is 8.04. The van der Waals surface area contributed by atoms with Gasteiger partial charge in [-0.3, -0.25) is 4.79 Å². The van der Waals surface area contributed by atoms with Crippen LogP contribution >= 0.6 is 47.2 Å². The van der Waals surface area contributed by atoms with Gasteiger partial charge >= 0.3 is 0 Å². The summed E-state index contributed by atoms with van der Waals surface area (Å²) >= 11 is 19.8. The van der Waals surface area contributed by atoms with Gasteiger partial charge in [-0.05, 0) is 69.1 Å². The number of hydrogen-bond acceptors (Lipinski definition) is 11. The van der Waals surface area contributed by atoms with Crippen molar-refractivity contribution in [3.8, 4) is 45.8 Å². The van der Waals surface area contributed by atoms with E-state index in [4.69, 9.17) is 68.3 Å². The standard InChI is InChI=1S/C38H44Cl2N2O8S2/c1-41(26-11-14-42(15-12-26)38(51)52-22-23-9-10-25(39)19-28(23)40)13-7-8-16-49-37-34(43)33-29(45-3)20-27(44-2)21-30(33)50-35(37)24-17-31(46-4)36(48-6)32(18-24)47-5/h9-10,17-21,26H,7-8,11-16,22H2,1-6H3. The van der Waals surface area contributed by atoms with Gasteiger partial charge in [0, 0.05) is 52.6 Å². The molecule has 0 saturated carbocycles. The number of hydrogen-bond donors (Lipinski definition) is 0. The van der Waals surface area contributed by atoms with Crippen LogP contribution in [0.3, 0.4) is 0 Å². The Kier molecular flexibility index (Phi) is 14.1. The average Bonchev–Trinajstić information content (AvgIpc) is 3.16. The summed E-state index contributed by atoms with van der Waals surface area (Å²) in [4.78, 5) is 18.8. The molecule has 2 heterocycles. The van der Waals surface area contributed by atoms with Gasteiger partial charge in [0.1, 0.15) is 26.8 Å². The zero-order valence-electron chi connectivity index (χ0n) is 30.2. The van der Waals surface area contributed by atoms with Gasteiger partial charge in [0.15, 0.2) is 17.3 Å². The molecule has 14 heteroatoms. The SMILES string of the molecule is COc1cc(OC)c2c(=O)c(OCCCCN(C)C3CCN(C(=S)SCc4ccc(Cl)cc4Cl)CC3)c(-c3cc(OC)c(OC)c(OC)c3)oc2c1. The molecule has 1 saturated heterocycles. The van der Waals surface area contributed by atoms with E-state index in [-0.39, 0.29) is 27.9 Å². The van der Waals surface area contributed by atoms with Gasteiger partial charge in [0.25, 0.3) is 0 Å². The molecule has 0 amide bonds. The van der Waals surface area contributed by atoms with Crippen LogP contribution in [0.4, 0.5) is 0 Å². The summed E-state index contributed by atoms with van der Waals surface area (Å²) in [6.45, 7) is 3.02. The van der Waals surface area contributed by atoms with Gasteiger partial charge in [-0.15, -0.1) is 0 Å². The van der Waals surface area contributed by atoms with Crippen LogP contribution in [0.15, 0.2) is 51.7 Å². The van der Waals surface area contributed by atoms with Crippen LogP contribution in [-0.2, 0) is 5.75 Å². The highest BCUT2D eigenvalue weighted by Gasteiger charge is 2.26. The van der Waals surface area contributed by atoms with Gasteiger partial charge in [-0.1, -0.05) is 53.2 Å². The minimum atomic E-state index is -0.360. The number of methoxy groups -OCH3 is 5. The van der Waals surface area contributed by atoms with Gasteiger partial charge < -0.3 is 42.6 Å². The predicted molar refractivity (Wildman–Crippen MR) is 213 cm³/mol. The van der Waals surface area contributed by atoms with E-state index < -0.39 is 0 Å². The Labute approximate surface area is 324 Å². The van der Waals surface area contributed by atoms with Gasteiger partial charge in [-0.25, -0.2) is 0 Å². The second kappa shape index (κ2) is 18.5. The van der Waals surface area contributed by atoms with Crippen LogP contribution in [0.5, 0.6) is 34.5 Å². The monoisotopic (exact) mass is 790 g/mol. The molecule has 4 aromatic rings. The van der Waals surface area contributed by atoms with Crippen molar-refractivity contribution < 1.29 is 32.8 Å². The number of benzene rings is 3. The molecule has 280 valence electrons. The third-order valence-corrected chi connectivity index (χ3v) is 11.3. The van der Waals surface area contributed by atoms with Crippen LogP contribution in [-0.4, -0.2) is 89.0 Å². The molecule has 0 spiro atoms. The smallest absolute Gasteiger partial charge is 0.239 e. The van der Waals surface area contributed by atoms with Crippen molar-refractivity contribution in [3.05, 3.63) is 68.3 Å². The maximum Gasteiger partial charge on any atom is 0.239 e. The summed E-state index contributed by atoms with van der Waals surface area (Å²) in [5.41, 5.74) is 1.47. The fourth-order valence-electron chi connectivity index (χ4n) is 6.23. The Hall–Kier alpha value is -3.55. The number of thiocarbonyl (C=S) groups is 1. The van der Waals surface area contributed by atoms with Crippen LogP contribution in [0.2, 0.25) is 10.0 Å². The lowest BCUT2D eigenvalue weighted by atomic mass is 10.0. The lowest BCUT2D eigenvalue weighted by Crippen LogP contribution is -2.44. The maximum atomic E-state index is 14.1. The van der Waals surface area contributed by atoms with E-state index in [9.17, 15) is 4.79 Å². The summed E-state index contributed by atoms with van der Waals surface area (Å²) < 4.78 is 41.2. The summed E-state index contributed by atoms with van der Waals surface area (Å²) in [5.74, 6) is 3.04.